The van der Waals surface area contributed by atoms with Gasteiger partial charge >= 0.3 is 0 Å². The van der Waals surface area contributed by atoms with E-state index < -0.39 is 0 Å². The fraction of sp³-hybridized carbons (Fsp3) is 0.357. The van der Waals surface area contributed by atoms with Crippen LogP contribution in [0.3, 0.4) is 0 Å². The molecule has 1 aromatic carbocycles. The molecule has 8 heteroatoms. The second-order valence-corrected chi connectivity index (χ2v) is 7.99. The number of amides is 1. The zero-order chi connectivity index (χ0) is 15.5. The molecule has 0 spiro atoms. The van der Waals surface area contributed by atoms with E-state index in [1.165, 1.54) is 23.1 Å². The zero-order valence-corrected chi connectivity index (χ0v) is 14.3. The maximum absolute atomic E-state index is 11.9. The fourth-order valence-corrected chi connectivity index (χ4v) is 3.84. The van der Waals surface area contributed by atoms with Crippen LogP contribution >= 0.6 is 34.7 Å². The van der Waals surface area contributed by atoms with Crippen LogP contribution in [-0.4, -0.2) is 27.4 Å². The maximum atomic E-state index is 11.9. The summed E-state index contributed by atoms with van der Waals surface area (Å²) in [7, 11) is 0. The van der Waals surface area contributed by atoms with Crippen LogP contribution in [0.25, 0.3) is 0 Å². The summed E-state index contributed by atoms with van der Waals surface area (Å²) < 4.78 is 0.757. The van der Waals surface area contributed by atoms with Crippen molar-refractivity contribution >= 4 is 51.4 Å². The normalized spacial score (nSPS) is 15.4. The van der Waals surface area contributed by atoms with Crippen molar-refractivity contribution in [1.82, 2.24) is 15.5 Å². The van der Waals surface area contributed by atoms with E-state index >= 15 is 0 Å². The van der Waals surface area contributed by atoms with Gasteiger partial charge in [-0.25, -0.2) is 0 Å². The Balaban J connectivity index is 1.58. The molecular weight excluding hydrogens is 340 g/mol. The van der Waals surface area contributed by atoms with Gasteiger partial charge in [0.05, 0.1) is 16.0 Å². The zero-order valence-electron chi connectivity index (χ0n) is 11.9. The summed E-state index contributed by atoms with van der Waals surface area (Å²) in [5.74, 6) is 0.0586. The van der Waals surface area contributed by atoms with Crippen LogP contribution in [0.1, 0.15) is 19.8 Å². The third-order valence-electron chi connectivity index (χ3n) is 3.09. The van der Waals surface area contributed by atoms with Gasteiger partial charge in [-0.3, -0.25) is 4.79 Å². The summed E-state index contributed by atoms with van der Waals surface area (Å²) in [5, 5.41) is 15.4. The van der Waals surface area contributed by atoms with Gasteiger partial charge in [0, 0.05) is 6.04 Å². The summed E-state index contributed by atoms with van der Waals surface area (Å²) in [6.45, 7) is 1.88. The van der Waals surface area contributed by atoms with E-state index in [-0.39, 0.29) is 11.2 Å². The average Bonchev–Trinajstić information content (AvgIpc) is 3.20. The Labute approximate surface area is 141 Å². The average molecular weight is 355 g/mol. The van der Waals surface area contributed by atoms with Gasteiger partial charge in [0.1, 0.15) is 0 Å². The van der Waals surface area contributed by atoms with Crippen LogP contribution in [-0.2, 0) is 4.79 Å². The Kier molecular flexibility index (Phi) is 4.85. The van der Waals surface area contributed by atoms with Gasteiger partial charge in [-0.05, 0) is 31.9 Å². The van der Waals surface area contributed by atoms with E-state index in [0.29, 0.717) is 16.2 Å². The third kappa shape index (κ3) is 4.12. The smallest absolute Gasteiger partial charge is 0.233 e. The lowest BCUT2D eigenvalue weighted by Crippen LogP contribution is -2.32. The molecule has 0 radical (unpaired) electrons. The summed E-state index contributed by atoms with van der Waals surface area (Å²) >= 11 is 8.92. The predicted molar refractivity (Wildman–Crippen MR) is 91.1 cm³/mol. The summed E-state index contributed by atoms with van der Waals surface area (Å²) in [4.78, 5) is 11.9. The molecule has 1 saturated carbocycles. The van der Waals surface area contributed by atoms with Crippen molar-refractivity contribution in [2.45, 2.75) is 35.4 Å². The number of nitrogens with zero attached hydrogens (tertiary/aromatic N) is 2. The number of thioether (sulfide) groups is 1. The molecule has 1 atom stereocenters. The van der Waals surface area contributed by atoms with Crippen molar-refractivity contribution in [3.05, 3.63) is 29.3 Å². The van der Waals surface area contributed by atoms with Crippen LogP contribution in [0.4, 0.5) is 10.8 Å². The van der Waals surface area contributed by atoms with E-state index in [9.17, 15) is 4.79 Å². The minimum atomic E-state index is -0.179. The minimum Gasteiger partial charge on any atom is -0.352 e. The van der Waals surface area contributed by atoms with Gasteiger partial charge in [0.2, 0.25) is 11.0 Å². The molecule has 1 unspecified atom stereocenters. The Hall–Kier alpha value is -1.31. The second-order valence-electron chi connectivity index (χ2n) is 5.02. The lowest BCUT2D eigenvalue weighted by Gasteiger charge is -2.08. The Morgan fingerprint density at radius 3 is 2.91 bits per heavy atom. The number of benzene rings is 1. The van der Waals surface area contributed by atoms with Crippen LogP contribution in [0, 0.1) is 0 Å². The Morgan fingerprint density at radius 2 is 2.18 bits per heavy atom. The number of halogens is 1. The van der Waals surface area contributed by atoms with Crippen LogP contribution in [0.5, 0.6) is 0 Å². The Morgan fingerprint density at radius 1 is 1.41 bits per heavy atom. The molecule has 1 aliphatic carbocycles. The van der Waals surface area contributed by atoms with E-state index in [1.807, 2.05) is 31.2 Å². The minimum absolute atomic E-state index is 0.0586. The van der Waals surface area contributed by atoms with Gasteiger partial charge in [-0.2, -0.15) is 0 Å². The number of anilines is 2. The molecule has 1 fully saturated rings. The molecule has 2 N–H and O–H groups in total. The first-order chi connectivity index (χ1) is 10.6. The molecule has 22 heavy (non-hydrogen) atoms. The third-order valence-corrected chi connectivity index (χ3v) is 5.44. The summed E-state index contributed by atoms with van der Waals surface area (Å²) in [5.41, 5.74) is 0.788. The van der Waals surface area contributed by atoms with Gasteiger partial charge in [-0.1, -0.05) is 46.8 Å². The highest BCUT2D eigenvalue weighted by molar-refractivity contribution is 8.02. The number of carbonyl (C=O) groups excluding carboxylic acids is 1. The van der Waals surface area contributed by atoms with Crippen molar-refractivity contribution in [2.24, 2.45) is 0 Å². The highest BCUT2D eigenvalue weighted by Gasteiger charge is 2.26. The fourth-order valence-electron chi connectivity index (χ4n) is 1.74. The molecule has 0 aliphatic heterocycles. The second kappa shape index (κ2) is 6.85. The molecule has 0 bridgehead atoms. The van der Waals surface area contributed by atoms with Crippen molar-refractivity contribution in [2.75, 3.05) is 5.32 Å². The largest absolute Gasteiger partial charge is 0.352 e. The number of para-hydroxylation sites is 1. The predicted octanol–water partition coefficient (Wildman–Crippen LogP) is 3.69. The van der Waals surface area contributed by atoms with Crippen LogP contribution in [0.2, 0.25) is 5.02 Å². The monoisotopic (exact) mass is 354 g/mol. The Bertz CT molecular complexity index is 674. The number of hydrogen-bond acceptors (Lipinski definition) is 6. The van der Waals surface area contributed by atoms with Crippen molar-refractivity contribution in [1.29, 1.82) is 0 Å². The molecule has 1 aromatic heterocycles. The topological polar surface area (TPSA) is 66.9 Å². The lowest BCUT2D eigenvalue weighted by molar-refractivity contribution is -0.120. The molecular formula is C14H15ClN4OS2. The first-order valence-electron chi connectivity index (χ1n) is 6.94. The molecule has 116 valence electrons. The number of carbonyl (C=O) groups is 1. The molecule has 1 aliphatic rings. The molecule has 1 heterocycles. The summed E-state index contributed by atoms with van der Waals surface area (Å²) in [6, 6.07) is 7.83. The molecule has 2 aromatic rings. The van der Waals surface area contributed by atoms with Crippen LogP contribution in [0.15, 0.2) is 28.6 Å². The highest BCUT2D eigenvalue weighted by Crippen LogP contribution is 2.32. The summed E-state index contributed by atoms with van der Waals surface area (Å²) in [6.07, 6.45) is 2.18. The number of nitrogens with one attached hydrogen (secondary N) is 2. The molecule has 3 rings (SSSR count). The molecule has 1 amide bonds. The molecule has 5 nitrogen and oxygen atoms in total. The van der Waals surface area contributed by atoms with Crippen molar-refractivity contribution in [3.63, 3.8) is 0 Å². The number of aromatic nitrogens is 2. The number of rotatable bonds is 6. The lowest BCUT2D eigenvalue weighted by atomic mass is 10.3. The quantitative estimate of drug-likeness (QED) is 0.774. The van der Waals surface area contributed by atoms with Gasteiger partial charge < -0.3 is 10.6 Å². The van der Waals surface area contributed by atoms with Gasteiger partial charge in [0.25, 0.3) is 0 Å². The first kappa shape index (κ1) is 15.6. The van der Waals surface area contributed by atoms with E-state index in [4.69, 9.17) is 11.6 Å². The standard InChI is InChI=1S/C14H15ClN4OS2/c1-8(12(20)16-9-6-7-9)21-14-19-18-13(22-14)17-11-5-3-2-4-10(11)15/h2-5,8-9H,6-7H2,1H3,(H,16,20)(H,17,18). The van der Waals surface area contributed by atoms with Gasteiger partial charge in [-0.15, -0.1) is 10.2 Å². The van der Waals surface area contributed by atoms with E-state index in [1.54, 1.807) is 0 Å². The number of hydrogen-bond donors (Lipinski definition) is 2. The maximum Gasteiger partial charge on any atom is 0.233 e. The van der Waals surface area contributed by atoms with E-state index in [0.717, 1.165) is 22.9 Å². The van der Waals surface area contributed by atoms with E-state index in [2.05, 4.69) is 20.8 Å². The van der Waals surface area contributed by atoms with Crippen molar-refractivity contribution in [3.8, 4) is 0 Å². The van der Waals surface area contributed by atoms with Crippen molar-refractivity contribution < 1.29 is 4.79 Å². The van der Waals surface area contributed by atoms with Crippen LogP contribution < -0.4 is 10.6 Å². The SMILES string of the molecule is CC(Sc1nnc(Nc2ccccc2Cl)s1)C(=O)NC1CC1. The van der Waals surface area contributed by atoms with Gasteiger partial charge in [0.15, 0.2) is 4.34 Å². The highest BCUT2D eigenvalue weighted by atomic mass is 35.5. The molecule has 0 saturated heterocycles. The first-order valence-corrected chi connectivity index (χ1v) is 9.01.